The van der Waals surface area contributed by atoms with E-state index in [1.165, 1.54) is 0 Å². The molecule has 0 bridgehead atoms. The number of nitrogens with one attached hydrogen (secondary N) is 1. The highest BCUT2D eigenvalue weighted by Gasteiger charge is 2.27. The predicted molar refractivity (Wildman–Crippen MR) is 133 cm³/mol. The summed E-state index contributed by atoms with van der Waals surface area (Å²) >= 11 is 5.80. The number of fused-ring (bicyclic) bond motifs is 3. The molecular formula is C24H34N6O2S. The molecule has 0 saturated carbocycles. The van der Waals surface area contributed by atoms with Gasteiger partial charge in [-0.15, -0.1) is 5.10 Å². The van der Waals surface area contributed by atoms with Crippen molar-refractivity contribution < 1.29 is 4.79 Å². The number of hydrogen-bond acceptors (Lipinski definition) is 5. The van der Waals surface area contributed by atoms with Gasteiger partial charge in [-0.1, -0.05) is 32.9 Å². The molecule has 3 heterocycles. The van der Waals surface area contributed by atoms with Gasteiger partial charge in [0.2, 0.25) is 16.5 Å². The lowest BCUT2D eigenvalue weighted by Gasteiger charge is -2.31. The molecule has 9 heteroatoms. The van der Waals surface area contributed by atoms with Crippen LogP contribution in [0.15, 0.2) is 29.1 Å². The van der Waals surface area contributed by atoms with E-state index in [0.29, 0.717) is 35.1 Å². The molecule has 33 heavy (non-hydrogen) atoms. The van der Waals surface area contributed by atoms with Crippen molar-refractivity contribution in [2.75, 3.05) is 13.1 Å². The Hall–Kier alpha value is -2.52. The molecule has 1 aromatic carbocycles. The van der Waals surface area contributed by atoms with Crippen LogP contribution < -0.4 is 10.9 Å². The molecule has 1 aliphatic rings. The van der Waals surface area contributed by atoms with Gasteiger partial charge in [-0.3, -0.25) is 23.5 Å². The average Bonchev–Trinajstić information content (AvgIpc) is 3.12. The summed E-state index contributed by atoms with van der Waals surface area (Å²) in [7, 11) is 0. The van der Waals surface area contributed by atoms with Crippen molar-refractivity contribution in [1.82, 2.24) is 29.0 Å². The van der Waals surface area contributed by atoms with E-state index in [9.17, 15) is 9.59 Å². The number of aromatic nitrogens is 4. The van der Waals surface area contributed by atoms with Crippen molar-refractivity contribution in [3.05, 3.63) is 39.4 Å². The monoisotopic (exact) mass is 470 g/mol. The first-order valence-corrected chi connectivity index (χ1v) is 12.4. The van der Waals surface area contributed by atoms with E-state index in [1.54, 1.807) is 4.57 Å². The van der Waals surface area contributed by atoms with Crippen LogP contribution in [0.1, 0.15) is 47.0 Å². The first-order chi connectivity index (χ1) is 15.8. The van der Waals surface area contributed by atoms with Crippen LogP contribution in [0.3, 0.4) is 0 Å². The standard InChI is InChI=1S/C24H34N6O2S/c1-5-12-28-22(32)19-8-6-7-9-20(19)30-23(28)26-29(24(30)33)15-27-13-10-18(11-14-27)21(31)25-17(4)16(2)3/h6-9,16-18H,5,10-15H2,1-4H3,(H,25,31). The van der Waals surface area contributed by atoms with Gasteiger partial charge in [0, 0.05) is 31.6 Å². The number of benzene rings is 1. The average molecular weight is 471 g/mol. The molecule has 1 fully saturated rings. The van der Waals surface area contributed by atoms with Gasteiger partial charge in [0.1, 0.15) is 0 Å². The number of rotatable bonds is 7. The van der Waals surface area contributed by atoms with Gasteiger partial charge >= 0.3 is 0 Å². The summed E-state index contributed by atoms with van der Waals surface area (Å²) < 4.78 is 6.02. The van der Waals surface area contributed by atoms with E-state index >= 15 is 0 Å². The van der Waals surface area contributed by atoms with Crippen LogP contribution in [0.4, 0.5) is 0 Å². The molecule has 1 atom stereocenters. The van der Waals surface area contributed by atoms with Gasteiger partial charge < -0.3 is 5.32 Å². The fourth-order valence-corrected chi connectivity index (χ4v) is 4.70. The van der Waals surface area contributed by atoms with E-state index in [2.05, 4.69) is 31.0 Å². The molecule has 8 nitrogen and oxygen atoms in total. The number of hydrogen-bond donors (Lipinski definition) is 1. The van der Waals surface area contributed by atoms with Gasteiger partial charge in [-0.2, -0.15) is 0 Å². The summed E-state index contributed by atoms with van der Waals surface area (Å²) in [5.74, 6) is 1.22. The Labute approximate surface area is 199 Å². The Morgan fingerprint density at radius 1 is 1.21 bits per heavy atom. The van der Waals surface area contributed by atoms with Crippen molar-refractivity contribution in [3.8, 4) is 0 Å². The van der Waals surface area contributed by atoms with Crippen LogP contribution in [-0.4, -0.2) is 48.7 Å². The second-order valence-electron chi connectivity index (χ2n) is 9.47. The summed E-state index contributed by atoms with van der Waals surface area (Å²) in [5.41, 5.74) is 0.755. The number of para-hydroxylation sites is 1. The molecule has 1 saturated heterocycles. The highest BCUT2D eigenvalue weighted by molar-refractivity contribution is 7.71. The molecule has 2 aromatic heterocycles. The Bertz CT molecular complexity index is 1270. The Morgan fingerprint density at radius 3 is 2.58 bits per heavy atom. The summed E-state index contributed by atoms with van der Waals surface area (Å²) in [4.78, 5) is 28.0. The largest absolute Gasteiger partial charge is 0.353 e. The second-order valence-corrected chi connectivity index (χ2v) is 9.83. The maximum atomic E-state index is 13.1. The van der Waals surface area contributed by atoms with E-state index in [1.807, 2.05) is 40.3 Å². The maximum Gasteiger partial charge on any atom is 0.262 e. The summed E-state index contributed by atoms with van der Waals surface area (Å²) in [6.45, 7) is 11.1. The van der Waals surface area contributed by atoms with Crippen LogP contribution in [0.5, 0.6) is 0 Å². The van der Waals surface area contributed by atoms with Crippen LogP contribution in [0.25, 0.3) is 16.7 Å². The number of carbonyl (C=O) groups is 1. The van der Waals surface area contributed by atoms with Gasteiger partial charge in [0.15, 0.2) is 0 Å². The number of likely N-dealkylation sites (tertiary alicyclic amines) is 1. The minimum Gasteiger partial charge on any atom is -0.353 e. The number of piperidine rings is 1. The lowest BCUT2D eigenvalue weighted by atomic mass is 9.95. The zero-order valence-electron chi connectivity index (χ0n) is 20.0. The molecule has 1 aliphatic heterocycles. The van der Waals surface area contributed by atoms with Crippen molar-refractivity contribution in [2.24, 2.45) is 11.8 Å². The molecule has 0 spiro atoms. The third kappa shape index (κ3) is 4.61. The van der Waals surface area contributed by atoms with Crippen LogP contribution in [-0.2, 0) is 18.0 Å². The smallest absolute Gasteiger partial charge is 0.262 e. The van der Waals surface area contributed by atoms with E-state index in [-0.39, 0.29) is 23.4 Å². The third-order valence-electron chi connectivity index (χ3n) is 6.79. The molecule has 1 unspecified atom stereocenters. The molecule has 1 amide bonds. The fraction of sp³-hybridized carbons (Fsp3) is 0.583. The van der Waals surface area contributed by atoms with Crippen LogP contribution in [0, 0.1) is 16.6 Å². The topological polar surface area (TPSA) is 76.6 Å². The maximum absolute atomic E-state index is 13.1. The Balaban J connectivity index is 1.56. The number of aryl methyl sites for hydroxylation is 1. The molecule has 3 aromatic rings. The van der Waals surface area contributed by atoms with Gasteiger partial charge in [0.25, 0.3) is 5.56 Å². The lowest BCUT2D eigenvalue weighted by molar-refractivity contribution is -0.127. The van der Waals surface area contributed by atoms with Crippen LogP contribution in [0.2, 0.25) is 0 Å². The first-order valence-electron chi connectivity index (χ1n) is 12.0. The van der Waals surface area contributed by atoms with Gasteiger partial charge in [-0.25, -0.2) is 4.68 Å². The van der Waals surface area contributed by atoms with Crippen LogP contribution >= 0.6 is 12.2 Å². The second kappa shape index (κ2) is 9.77. The normalized spacial score (nSPS) is 16.6. The van der Waals surface area contributed by atoms with Crippen molar-refractivity contribution in [3.63, 3.8) is 0 Å². The minimum atomic E-state index is -0.0328. The zero-order chi connectivity index (χ0) is 23.7. The predicted octanol–water partition coefficient (Wildman–Crippen LogP) is 3.42. The number of carbonyl (C=O) groups excluding carboxylic acids is 1. The Kier molecular flexibility index (Phi) is 6.99. The zero-order valence-corrected chi connectivity index (χ0v) is 20.8. The fourth-order valence-electron chi connectivity index (χ4n) is 4.42. The lowest BCUT2D eigenvalue weighted by Crippen LogP contribution is -2.44. The van der Waals surface area contributed by atoms with Crippen molar-refractivity contribution >= 4 is 34.8 Å². The Morgan fingerprint density at radius 2 is 1.91 bits per heavy atom. The molecule has 0 radical (unpaired) electrons. The quantitative estimate of drug-likeness (QED) is 0.536. The highest BCUT2D eigenvalue weighted by Crippen LogP contribution is 2.20. The number of nitrogens with zero attached hydrogens (tertiary/aromatic N) is 5. The van der Waals surface area contributed by atoms with Crippen molar-refractivity contribution in [1.29, 1.82) is 0 Å². The molecule has 4 rings (SSSR count). The number of amides is 1. The third-order valence-corrected chi connectivity index (χ3v) is 7.19. The van der Waals surface area contributed by atoms with E-state index in [4.69, 9.17) is 17.3 Å². The van der Waals surface area contributed by atoms with Gasteiger partial charge in [0.05, 0.1) is 17.6 Å². The SMILES string of the molecule is CCCn1c(=O)c2ccccc2n2c(=S)n(CN3CCC(C(=O)NC(C)C(C)C)CC3)nc12. The summed E-state index contributed by atoms with van der Waals surface area (Å²) in [6.07, 6.45) is 2.47. The minimum absolute atomic E-state index is 0.0328. The van der Waals surface area contributed by atoms with E-state index < -0.39 is 0 Å². The van der Waals surface area contributed by atoms with E-state index in [0.717, 1.165) is 37.9 Å². The highest BCUT2D eigenvalue weighted by atomic mass is 32.1. The first kappa shape index (κ1) is 23.6. The molecule has 1 N–H and O–H groups in total. The summed E-state index contributed by atoms with van der Waals surface area (Å²) in [6, 6.07) is 7.74. The van der Waals surface area contributed by atoms with Gasteiger partial charge in [-0.05, 0) is 56.5 Å². The molecule has 0 aliphatic carbocycles. The van der Waals surface area contributed by atoms with Crippen molar-refractivity contribution in [2.45, 2.75) is 66.2 Å². The molecule has 178 valence electrons. The molecular weight excluding hydrogens is 436 g/mol. The summed E-state index contributed by atoms with van der Waals surface area (Å²) in [5, 5.41) is 8.57.